The van der Waals surface area contributed by atoms with Gasteiger partial charge in [0.15, 0.2) is 5.58 Å². The Morgan fingerprint density at radius 1 is 1.39 bits per heavy atom. The molecule has 0 saturated carbocycles. The molecule has 0 amide bonds. The number of oxazole rings is 1. The summed E-state index contributed by atoms with van der Waals surface area (Å²) < 4.78 is 6.76. The Balaban J connectivity index is 2.10. The van der Waals surface area contributed by atoms with Crippen molar-refractivity contribution >= 4 is 11.1 Å². The van der Waals surface area contributed by atoms with E-state index in [1.165, 1.54) is 4.57 Å². The topological polar surface area (TPSA) is 59.2 Å². The van der Waals surface area contributed by atoms with Crippen LogP contribution in [0.1, 0.15) is 12.5 Å². The van der Waals surface area contributed by atoms with E-state index in [1.54, 1.807) is 7.05 Å². The molecule has 96 valence electrons. The zero-order valence-corrected chi connectivity index (χ0v) is 10.6. The second-order valence-electron chi connectivity index (χ2n) is 5.05. The van der Waals surface area contributed by atoms with E-state index in [-0.39, 0.29) is 11.3 Å². The normalized spacial score (nSPS) is 24.6. The van der Waals surface area contributed by atoms with Crippen molar-refractivity contribution in [1.29, 1.82) is 0 Å². The molecule has 2 aromatic rings. The smallest absolute Gasteiger partial charge is 0.408 e. The second kappa shape index (κ2) is 3.96. The van der Waals surface area contributed by atoms with Gasteiger partial charge in [-0.2, -0.15) is 0 Å². The molecule has 1 saturated heterocycles. The molecule has 0 spiro atoms. The molecular weight excluding hydrogens is 230 g/mol. The maximum absolute atomic E-state index is 11.5. The third kappa shape index (κ3) is 1.67. The van der Waals surface area contributed by atoms with E-state index in [1.807, 2.05) is 12.1 Å². The van der Waals surface area contributed by atoms with Crippen molar-refractivity contribution in [1.82, 2.24) is 15.2 Å². The standard InChI is InChI=1S/C13H17N3O2/c1-13(8-14-5-6-15-13)9-3-4-10-11(7-9)18-12(17)16(10)2/h3-4,7,14-15H,5-6,8H2,1-2H3. The lowest BCUT2D eigenvalue weighted by Crippen LogP contribution is -2.54. The Labute approximate surface area is 105 Å². The number of fused-ring (bicyclic) bond motifs is 1. The SMILES string of the molecule is Cn1c(=O)oc2cc(C3(C)CNCCN3)ccc21. The number of benzene rings is 1. The first-order valence-corrected chi connectivity index (χ1v) is 6.16. The van der Waals surface area contributed by atoms with Crippen LogP contribution in [-0.2, 0) is 12.6 Å². The average molecular weight is 247 g/mol. The van der Waals surface area contributed by atoms with Gasteiger partial charge in [0.2, 0.25) is 0 Å². The maximum atomic E-state index is 11.5. The fourth-order valence-corrected chi connectivity index (χ4v) is 2.51. The van der Waals surface area contributed by atoms with Gasteiger partial charge in [0.05, 0.1) is 11.1 Å². The third-order valence-electron chi connectivity index (χ3n) is 3.72. The van der Waals surface area contributed by atoms with E-state index in [4.69, 9.17) is 4.42 Å². The minimum atomic E-state index is -0.318. The molecule has 3 rings (SSSR count). The molecule has 1 unspecified atom stereocenters. The van der Waals surface area contributed by atoms with Crippen LogP contribution in [0.2, 0.25) is 0 Å². The van der Waals surface area contributed by atoms with Crippen LogP contribution in [-0.4, -0.2) is 24.2 Å². The molecule has 1 aliphatic heterocycles. The summed E-state index contributed by atoms with van der Waals surface area (Å²) in [6.45, 7) is 4.95. The van der Waals surface area contributed by atoms with E-state index in [0.29, 0.717) is 5.58 Å². The first-order chi connectivity index (χ1) is 8.60. The molecule has 0 aliphatic carbocycles. The summed E-state index contributed by atoms with van der Waals surface area (Å²) in [5.41, 5.74) is 2.50. The van der Waals surface area contributed by atoms with E-state index in [9.17, 15) is 4.79 Å². The molecule has 5 heteroatoms. The lowest BCUT2D eigenvalue weighted by atomic mass is 9.90. The third-order valence-corrected chi connectivity index (χ3v) is 3.72. The van der Waals surface area contributed by atoms with Crippen molar-refractivity contribution in [2.24, 2.45) is 7.05 Å². The van der Waals surface area contributed by atoms with Gasteiger partial charge in [-0.15, -0.1) is 0 Å². The number of nitrogens with zero attached hydrogens (tertiary/aromatic N) is 1. The highest BCUT2D eigenvalue weighted by Gasteiger charge is 2.28. The largest absolute Gasteiger partial charge is 0.419 e. The maximum Gasteiger partial charge on any atom is 0.419 e. The van der Waals surface area contributed by atoms with Crippen LogP contribution >= 0.6 is 0 Å². The molecule has 2 heterocycles. The van der Waals surface area contributed by atoms with Gasteiger partial charge in [0, 0.05) is 26.7 Å². The van der Waals surface area contributed by atoms with Crippen LogP contribution in [0, 0.1) is 0 Å². The van der Waals surface area contributed by atoms with E-state index >= 15 is 0 Å². The number of nitrogens with one attached hydrogen (secondary N) is 2. The number of hydrogen-bond acceptors (Lipinski definition) is 4. The lowest BCUT2D eigenvalue weighted by molar-refractivity contribution is 0.303. The van der Waals surface area contributed by atoms with Crippen molar-refractivity contribution < 1.29 is 4.42 Å². The van der Waals surface area contributed by atoms with E-state index in [0.717, 1.165) is 30.7 Å². The molecule has 1 fully saturated rings. The quantitative estimate of drug-likeness (QED) is 0.772. The summed E-state index contributed by atoms with van der Waals surface area (Å²) in [5.74, 6) is -0.318. The van der Waals surface area contributed by atoms with E-state index in [2.05, 4.69) is 23.6 Å². The first kappa shape index (κ1) is 11.5. The summed E-state index contributed by atoms with van der Waals surface area (Å²) in [7, 11) is 1.72. The number of rotatable bonds is 1. The predicted octanol–water partition coefficient (Wildman–Crippen LogP) is 0.540. The molecule has 0 radical (unpaired) electrons. The van der Waals surface area contributed by atoms with Crippen LogP contribution in [0.15, 0.2) is 27.4 Å². The average Bonchev–Trinajstić information content (AvgIpc) is 2.66. The zero-order chi connectivity index (χ0) is 12.8. The summed E-state index contributed by atoms with van der Waals surface area (Å²) in [5, 5.41) is 6.89. The Hall–Kier alpha value is -1.59. The molecule has 5 nitrogen and oxygen atoms in total. The molecule has 0 bridgehead atoms. The summed E-state index contributed by atoms with van der Waals surface area (Å²) in [6, 6.07) is 5.95. The van der Waals surface area contributed by atoms with Crippen LogP contribution in [0.3, 0.4) is 0 Å². The minimum absolute atomic E-state index is 0.110. The van der Waals surface area contributed by atoms with Crippen molar-refractivity contribution in [3.05, 3.63) is 34.3 Å². The molecule has 2 N–H and O–H groups in total. The Kier molecular flexibility index (Phi) is 2.53. The van der Waals surface area contributed by atoms with Gasteiger partial charge < -0.3 is 15.1 Å². The molecule has 1 aromatic carbocycles. The molecule has 1 aromatic heterocycles. The van der Waals surface area contributed by atoms with Crippen LogP contribution < -0.4 is 16.4 Å². The predicted molar refractivity (Wildman–Crippen MR) is 69.7 cm³/mol. The fourth-order valence-electron chi connectivity index (χ4n) is 2.51. The molecule has 1 atom stereocenters. The van der Waals surface area contributed by atoms with Crippen molar-refractivity contribution in [2.75, 3.05) is 19.6 Å². The Morgan fingerprint density at radius 3 is 2.94 bits per heavy atom. The van der Waals surface area contributed by atoms with Gasteiger partial charge in [-0.05, 0) is 24.6 Å². The van der Waals surface area contributed by atoms with Gasteiger partial charge in [-0.1, -0.05) is 6.07 Å². The van der Waals surface area contributed by atoms with Gasteiger partial charge in [0.25, 0.3) is 0 Å². The van der Waals surface area contributed by atoms with Crippen LogP contribution in [0.5, 0.6) is 0 Å². The van der Waals surface area contributed by atoms with Crippen molar-refractivity contribution in [2.45, 2.75) is 12.5 Å². The summed E-state index contributed by atoms with van der Waals surface area (Å²) >= 11 is 0. The van der Waals surface area contributed by atoms with Crippen molar-refractivity contribution in [3.8, 4) is 0 Å². The highest BCUT2D eigenvalue weighted by atomic mass is 16.4. The monoisotopic (exact) mass is 247 g/mol. The number of hydrogen-bond donors (Lipinski definition) is 2. The molecule has 1 aliphatic rings. The fraction of sp³-hybridized carbons (Fsp3) is 0.462. The summed E-state index contributed by atoms with van der Waals surface area (Å²) in [4.78, 5) is 11.5. The van der Waals surface area contributed by atoms with Crippen molar-refractivity contribution in [3.63, 3.8) is 0 Å². The van der Waals surface area contributed by atoms with Gasteiger partial charge in [-0.3, -0.25) is 4.57 Å². The van der Waals surface area contributed by atoms with E-state index < -0.39 is 0 Å². The Morgan fingerprint density at radius 2 is 2.22 bits per heavy atom. The van der Waals surface area contributed by atoms with Crippen LogP contribution in [0.25, 0.3) is 11.1 Å². The molecule has 18 heavy (non-hydrogen) atoms. The second-order valence-corrected chi connectivity index (χ2v) is 5.05. The first-order valence-electron chi connectivity index (χ1n) is 6.16. The number of aryl methyl sites for hydroxylation is 1. The molecular formula is C13H17N3O2. The van der Waals surface area contributed by atoms with Crippen LogP contribution in [0.4, 0.5) is 0 Å². The Bertz CT molecular complexity index is 635. The lowest BCUT2D eigenvalue weighted by Gasteiger charge is -2.36. The van der Waals surface area contributed by atoms with Gasteiger partial charge >= 0.3 is 5.76 Å². The number of piperazine rings is 1. The number of aromatic nitrogens is 1. The van der Waals surface area contributed by atoms with Gasteiger partial charge in [-0.25, -0.2) is 4.79 Å². The summed E-state index contributed by atoms with van der Waals surface area (Å²) in [6.07, 6.45) is 0. The zero-order valence-electron chi connectivity index (χ0n) is 10.6. The minimum Gasteiger partial charge on any atom is -0.408 e. The highest BCUT2D eigenvalue weighted by molar-refractivity contribution is 5.74. The highest BCUT2D eigenvalue weighted by Crippen LogP contribution is 2.25. The van der Waals surface area contributed by atoms with Gasteiger partial charge in [0.1, 0.15) is 0 Å².